The second kappa shape index (κ2) is 8.44. The summed E-state index contributed by atoms with van der Waals surface area (Å²) in [7, 11) is 3.21. The van der Waals surface area contributed by atoms with Crippen molar-refractivity contribution in [3.8, 4) is 17.6 Å². The number of carbonyl (C=O) groups excluding carboxylic acids is 1. The van der Waals surface area contributed by atoms with Gasteiger partial charge in [-0.1, -0.05) is 13.8 Å². The van der Waals surface area contributed by atoms with Gasteiger partial charge in [-0.25, -0.2) is 0 Å². The molecule has 2 aromatic carbocycles. The van der Waals surface area contributed by atoms with E-state index in [4.69, 9.17) is 14.7 Å². The van der Waals surface area contributed by atoms with Crippen molar-refractivity contribution in [2.45, 2.75) is 13.8 Å². The fraction of sp³-hybridized carbons (Fsp3) is 0.238. The van der Waals surface area contributed by atoms with Gasteiger partial charge in [0.1, 0.15) is 23.3 Å². The number of aromatic amines is 2. The van der Waals surface area contributed by atoms with Crippen LogP contribution in [0.25, 0.3) is 21.8 Å². The highest BCUT2D eigenvalue weighted by atomic mass is 16.5. The van der Waals surface area contributed by atoms with E-state index in [0.29, 0.717) is 11.4 Å². The number of fused-ring (bicyclic) bond motifs is 2. The van der Waals surface area contributed by atoms with E-state index in [1.54, 1.807) is 20.3 Å². The van der Waals surface area contributed by atoms with Gasteiger partial charge < -0.3 is 9.47 Å². The molecule has 8 heteroatoms. The Hall–Kier alpha value is -3.86. The van der Waals surface area contributed by atoms with E-state index in [1.165, 1.54) is 0 Å². The predicted octanol–water partition coefficient (Wildman–Crippen LogP) is 3.85. The maximum Gasteiger partial charge on any atom is 0.186 e. The maximum atomic E-state index is 11.9. The lowest BCUT2D eigenvalue weighted by atomic mass is 10.0. The van der Waals surface area contributed by atoms with Crippen LogP contribution in [0.1, 0.15) is 30.0 Å². The Kier molecular flexibility index (Phi) is 5.79. The first kappa shape index (κ1) is 19.9. The first-order valence-electron chi connectivity index (χ1n) is 8.97. The highest BCUT2D eigenvalue weighted by Gasteiger charge is 2.17. The highest BCUT2D eigenvalue weighted by molar-refractivity contribution is 6.06. The molecule has 0 aliphatic carbocycles. The number of nitrogens with one attached hydrogen (secondary N) is 2. The number of Topliss-reactive ketones (excluding diaryl/α,β-unsaturated/α-hetero) is 1. The molecule has 0 aliphatic rings. The molecule has 0 aliphatic heterocycles. The van der Waals surface area contributed by atoms with E-state index in [1.807, 2.05) is 50.2 Å². The average Bonchev–Trinajstić information content (AvgIpc) is 3.36. The zero-order chi connectivity index (χ0) is 21.0. The standard InChI is InChI=1S/C12H14N2O2.C9H7N3O/c1-7(2)12(15)11-9-5-4-8(16-3)6-10(9)13-14-11;1-13-6-2-3-7-8(4-6)11-12-9(7)5-10/h4-7H,1-3H3,(H,13,14);2-4H,1H3,(H,11,12). The molecule has 4 aromatic rings. The number of nitrogens with zero attached hydrogens (tertiary/aromatic N) is 3. The van der Waals surface area contributed by atoms with Crippen LogP contribution in [0.4, 0.5) is 0 Å². The molecule has 0 saturated heterocycles. The minimum atomic E-state index is -0.0476. The van der Waals surface area contributed by atoms with Gasteiger partial charge in [-0.2, -0.15) is 15.5 Å². The molecule has 2 N–H and O–H groups in total. The first-order chi connectivity index (χ1) is 14.0. The number of aromatic nitrogens is 4. The Morgan fingerprint density at radius 3 is 2.07 bits per heavy atom. The van der Waals surface area contributed by atoms with Crippen LogP contribution >= 0.6 is 0 Å². The Bertz CT molecular complexity index is 1200. The van der Waals surface area contributed by atoms with Crippen LogP contribution in [-0.4, -0.2) is 40.4 Å². The van der Waals surface area contributed by atoms with Gasteiger partial charge in [-0.15, -0.1) is 0 Å². The van der Waals surface area contributed by atoms with Gasteiger partial charge in [0.05, 0.1) is 25.3 Å². The van der Waals surface area contributed by atoms with Crippen molar-refractivity contribution < 1.29 is 14.3 Å². The lowest BCUT2D eigenvalue weighted by Crippen LogP contribution is -2.08. The van der Waals surface area contributed by atoms with E-state index in [-0.39, 0.29) is 11.7 Å². The molecule has 0 spiro atoms. The van der Waals surface area contributed by atoms with Crippen molar-refractivity contribution in [2.24, 2.45) is 5.92 Å². The third-order valence-corrected chi connectivity index (χ3v) is 4.40. The lowest BCUT2D eigenvalue weighted by molar-refractivity contribution is 0.0936. The second-order valence-electron chi connectivity index (χ2n) is 6.60. The molecule has 0 fully saturated rings. The minimum Gasteiger partial charge on any atom is -0.497 e. The fourth-order valence-corrected chi connectivity index (χ4v) is 2.80. The molecule has 0 saturated carbocycles. The van der Waals surface area contributed by atoms with Crippen molar-refractivity contribution in [1.29, 1.82) is 5.26 Å². The lowest BCUT2D eigenvalue weighted by Gasteiger charge is -2.01. The minimum absolute atomic E-state index is 0.0476. The number of hydrogen-bond acceptors (Lipinski definition) is 6. The van der Waals surface area contributed by atoms with E-state index >= 15 is 0 Å². The van der Waals surface area contributed by atoms with E-state index in [2.05, 4.69) is 20.4 Å². The number of nitriles is 1. The van der Waals surface area contributed by atoms with Gasteiger partial charge in [0.15, 0.2) is 11.5 Å². The van der Waals surface area contributed by atoms with Crippen molar-refractivity contribution in [3.63, 3.8) is 0 Å². The zero-order valence-electron chi connectivity index (χ0n) is 16.6. The monoisotopic (exact) mass is 391 g/mol. The summed E-state index contributed by atoms with van der Waals surface area (Å²) in [5, 5.41) is 23.9. The average molecular weight is 391 g/mol. The van der Waals surface area contributed by atoms with Crippen LogP contribution in [0.2, 0.25) is 0 Å². The normalized spacial score (nSPS) is 10.5. The summed E-state index contributed by atoms with van der Waals surface area (Å²) in [4.78, 5) is 11.9. The molecular formula is C21H21N5O3. The summed E-state index contributed by atoms with van der Waals surface area (Å²) in [6.07, 6.45) is 0. The molecule has 4 rings (SSSR count). The zero-order valence-corrected chi connectivity index (χ0v) is 16.6. The van der Waals surface area contributed by atoms with Gasteiger partial charge in [-0.05, 0) is 24.3 Å². The van der Waals surface area contributed by atoms with Gasteiger partial charge >= 0.3 is 0 Å². The smallest absolute Gasteiger partial charge is 0.186 e. The quantitative estimate of drug-likeness (QED) is 0.510. The predicted molar refractivity (Wildman–Crippen MR) is 109 cm³/mol. The highest BCUT2D eigenvalue weighted by Crippen LogP contribution is 2.23. The third kappa shape index (κ3) is 4.04. The van der Waals surface area contributed by atoms with Crippen molar-refractivity contribution >= 4 is 27.6 Å². The number of benzene rings is 2. The van der Waals surface area contributed by atoms with Gasteiger partial charge in [0.2, 0.25) is 0 Å². The number of ether oxygens (including phenoxy) is 2. The second-order valence-corrected chi connectivity index (χ2v) is 6.60. The summed E-state index contributed by atoms with van der Waals surface area (Å²) < 4.78 is 10.1. The van der Waals surface area contributed by atoms with Crippen LogP contribution in [0.5, 0.6) is 11.5 Å². The molecule has 0 unspecified atom stereocenters. The largest absolute Gasteiger partial charge is 0.497 e. The molecule has 29 heavy (non-hydrogen) atoms. The van der Waals surface area contributed by atoms with E-state index < -0.39 is 0 Å². The molecule has 2 heterocycles. The molecule has 0 atom stereocenters. The Balaban J connectivity index is 0.000000169. The SMILES string of the molecule is COc1ccc2c(C#N)n[nH]c2c1.COc1ccc2c(C(=O)C(C)C)n[nH]c2c1. The third-order valence-electron chi connectivity index (χ3n) is 4.40. The topological polar surface area (TPSA) is 117 Å². The number of carbonyl (C=O) groups is 1. The fourth-order valence-electron chi connectivity index (χ4n) is 2.80. The van der Waals surface area contributed by atoms with Crippen LogP contribution in [0, 0.1) is 17.2 Å². The number of ketones is 1. The van der Waals surface area contributed by atoms with Crippen molar-refractivity contribution in [2.75, 3.05) is 14.2 Å². The summed E-state index contributed by atoms with van der Waals surface area (Å²) in [6.45, 7) is 3.73. The van der Waals surface area contributed by atoms with Crippen molar-refractivity contribution in [1.82, 2.24) is 20.4 Å². The molecular weight excluding hydrogens is 370 g/mol. The number of H-pyrrole nitrogens is 2. The van der Waals surface area contributed by atoms with Crippen molar-refractivity contribution in [3.05, 3.63) is 47.8 Å². The summed E-state index contributed by atoms with van der Waals surface area (Å²) in [5.41, 5.74) is 2.56. The molecule has 0 radical (unpaired) electrons. The Labute approximate surface area is 167 Å². The summed E-state index contributed by atoms with van der Waals surface area (Å²) >= 11 is 0. The summed E-state index contributed by atoms with van der Waals surface area (Å²) in [6, 6.07) is 12.9. The van der Waals surface area contributed by atoms with Gasteiger partial charge in [-0.3, -0.25) is 15.0 Å². The number of rotatable bonds is 4. The number of hydrogen-bond donors (Lipinski definition) is 2. The Morgan fingerprint density at radius 2 is 1.52 bits per heavy atom. The van der Waals surface area contributed by atoms with E-state index in [0.717, 1.165) is 33.3 Å². The summed E-state index contributed by atoms with van der Waals surface area (Å²) in [5.74, 6) is 1.50. The van der Waals surface area contributed by atoms with Crippen LogP contribution in [0.3, 0.4) is 0 Å². The number of methoxy groups -OCH3 is 2. The van der Waals surface area contributed by atoms with Gasteiger partial charge in [0, 0.05) is 28.8 Å². The van der Waals surface area contributed by atoms with Crippen LogP contribution in [-0.2, 0) is 0 Å². The van der Waals surface area contributed by atoms with Crippen LogP contribution in [0.15, 0.2) is 36.4 Å². The molecule has 8 nitrogen and oxygen atoms in total. The molecule has 148 valence electrons. The molecule has 0 bridgehead atoms. The van der Waals surface area contributed by atoms with E-state index in [9.17, 15) is 4.79 Å². The Morgan fingerprint density at radius 1 is 0.966 bits per heavy atom. The first-order valence-corrected chi connectivity index (χ1v) is 8.97. The maximum absolute atomic E-state index is 11.9. The molecule has 0 amide bonds. The van der Waals surface area contributed by atoms with Crippen LogP contribution < -0.4 is 9.47 Å². The molecule has 2 aromatic heterocycles. The van der Waals surface area contributed by atoms with Gasteiger partial charge in [0.25, 0.3) is 0 Å².